The number of anilines is 1. The minimum atomic E-state index is -1.93. The number of methoxy groups -OCH3 is 1. The number of fused-ring (bicyclic) bond motifs is 4. The van der Waals surface area contributed by atoms with Crippen LogP contribution in [0.3, 0.4) is 0 Å². The third-order valence-corrected chi connectivity index (χ3v) is 9.38. The minimum absolute atomic E-state index is 0.00000241. The zero-order valence-electron chi connectivity index (χ0n) is 24.9. The maximum absolute atomic E-state index is 14.7. The molecular weight excluding hydrogens is 590 g/mol. The molecular formula is C31H32ClN5O7. The number of pyridine rings is 1. The molecule has 12 nitrogen and oxygen atoms in total. The van der Waals surface area contributed by atoms with Gasteiger partial charge in [0, 0.05) is 25.6 Å². The van der Waals surface area contributed by atoms with Crippen molar-refractivity contribution >= 4 is 40.8 Å². The number of carbonyl (C=O) groups is 4. The molecule has 6 rings (SSSR count). The monoisotopic (exact) mass is 621 g/mol. The Labute approximate surface area is 258 Å². The number of Topliss-reactive ketones (excluding diaryl/α,β-unsaturated/α-hetero) is 3. The molecule has 1 aromatic carbocycles. The van der Waals surface area contributed by atoms with Crippen LogP contribution in [0.5, 0.6) is 5.75 Å². The minimum Gasteiger partial charge on any atom is -0.484 e. The van der Waals surface area contributed by atoms with Crippen LogP contribution in [0.1, 0.15) is 55.8 Å². The van der Waals surface area contributed by atoms with Crippen LogP contribution in [0.4, 0.5) is 10.6 Å². The van der Waals surface area contributed by atoms with Gasteiger partial charge in [-0.25, -0.2) is 9.78 Å². The van der Waals surface area contributed by atoms with E-state index in [-0.39, 0.29) is 47.3 Å². The van der Waals surface area contributed by atoms with Gasteiger partial charge in [-0.3, -0.25) is 24.6 Å². The second-order valence-corrected chi connectivity index (χ2v) is 12.0. The van der Waals surface area contributed by atoms with E-state index in [0.29, 0.717) is 17.0 Å². The van der Waals surface area contributed by atoms with Crippen LogP contribution in [-0.2, 0) is 22.6 Å². The van der Waals surface area contributed by atoms with Crippen molar-refractivity contribution in [3.63, 3.8) is 0 Å². The molecule has 13 heteroatoms. The van der Waals surface area contributed by atoms with Gasteiger partial charge in [-0.15, -0.1) is 0 Å². The quantitative estimate of drug-likeness (QED) is 0.307. The lowest BCUT2D eigenvalue weighted by atomic mass is 9.54. The van der Waals surface area contributed by atoms with Gasteiger partial charge in [0.2, 0.25) is 5.78 Å². The maximum Gasteiger partial charge on any atom is 0.320 e. The summed E-state index contributed by atoms with van der Waals surface area (Å²) in [7, 11) is 6.42. The largest absolute Gasteiger partial charge is 0.484 e. The third-order valence-electron chi connectivity index (χ3n) is 9.06. The lowest BCUT2D eigenvalue weighted by Crippen LogP contribution is -2.67. The van der Waals surface area contributed by atoms with Crippen LogP contribution in [-0.4, -0.2) is 72.3 Å². The smallest absolute Gasteiger partial charge is 0.320 e. The summed E-state index contributed by atoms with van der Waals surface area (Å²) >= 11 is 6.67. The number of ketones is 3. The van der Waals surface area contributed by atoms with E-state index in [1.807, 2.05) is 49.3 Å². The summed E-state index contributed by atoms with van der Waals surface area (Å²) in [6, 6.07) is 8.15. The van der Waals surface area contributed by atoms with Crippen LogP contribution in [0.2, 0.25) is 5.15 Å². The SMILES string of the molecule is CNC(=O)Nc1nc(Cl)c2c(c1OCc1ccccc1)C(=O)C1C(=O)C3(OC)C(=O)c4c(C)noc4C(N(C)C)C3CC1C2. The van der Waals surface area contributed by atoms with Gasteiger partial charge in [-0.05, 0) is 45.3 Å². The molecule has 44 heavy (non-hydrogen) atoms. The molecule has 0 saturated heterocycles. The Morgan fingerprint density at radius 3 is 2.57 bits per heavy atom. The van der Waals surface area contributed by atoms with Crippen molar-refractivity contribution in [1.29, 1.82) is 0 Å². The Kier molecular flexibility index (Phi) is 7.55. The predicted molar refractivity (Wildman–Crippen MR) is 158 cm³/mol. The lowest BCUT2D eigenvalue weighted by molar-refractivity contribution is -0.159. The summed E-state index contributed by atoms with van der Waals surface area (Å²) in [6.45, 7) is 1.69. The van der Waals surface area contributed by atoms with Gasteiger partial charge in [0.15, 0.2) is 34.5 Å². The Hall–Kier alpha value is -4.13. The number of aromatic nitrogens is 2. The van der Waals surface area contributed by atoms with E-state index < -0.39 is 52.8 Å². The molecule has 3 aliphatic carbocycles. The fourth-order valence-electron chi connectivity index (χ4n) is 7.16. The number of nitrogens with zero attached hydrogens (tertiary/aromatic N) is 3. The van der Waals surface area contributed by atoms with Crippen LogP contribution in [0.25, 0.3) is 0 Å². The summed E-state index contributed by atoms with van der Waals surface area (Å²) < 4.78 is 17.7. The Balaban J connectivity index is 1.49. The molecule has 5 atom stereocenters. The molecule has 2 amide bonds. The zero-order valence-corrected chi connectivity index (χ0v) is 25.7. The Morgan fingerprint density at radius 2 is 1.91 bits per heavy atom. The topological polar surface area (TPSA) is 153 Å². The molecule has 0 aliphatic heterocycles. The van der Waals surface area contributed by atoms with E-state index in [0.717, 1.165) is 5.56 Å². The summed E-state index contributed by atoms with van der Waals surface area (Å²) in [5.74, 6) is -3.82. The van der Waals surface area contributed by atoms with Crippen LogP contribution >= 0.6 is 11.6 Å². The van der Waals surface area contributed by atoms with E-state index in [2.05, 4.69) is 20.8 Å². The fraction of sp³-hybridized carbons (Fsp3) is 0.419. The molecule has 2 N–H and O–H groups in total. The molecule has 230 valence electrons. The molecule has 2 aromatic heterocycles. The molecule has 0 spiro atoms. The van der Waals surface area contributed by atoms with Crippen LogP contribution in [0, 0.1) is 24.7 Å². The first-order chi connectivity index (χ1) is 21.0. The van der Waals surface area contributed by atoms with E-state index in [1.165, 1.54) is 14.2 Å². The molecule has 3 aliphatic rings. The zero-order chi connectivity index (χ0) is 31.5. The highest BCUT2D eigenvalue weighted by molar-refractivity contribution is 6.32. The van der Waals surface area contributed by atoms with Gasteiger partial charge in [-0.1, -0.05) is 47.1 Å². The first-order valence-electron chi connectivity index (χ1n) is 14.2. The molecule has 0 bridgehead atoms. The number of urea groups is 1. The second kappa shape index (κ2) is 11.1. The van der Waals surface area contributed by atoms with Crippen LogP contribution in [0.15, 0.2) is 34.9 Å². The summed E-state index contributed by atoms with van der Waals surface area (Å²) in [5, 5.41) is 9.09. The Morgan fingerprint density at radius 1 is 1.18 bits per heavy atom. The number of rotatable bonds is 6. The normalized spacial score (nSPS) is 25.6. The second-order valence-electron chi connectivity index (χ2n) is 11.6. The maximum atomic E-state index is 14.7. The van der Waals surface area contributed by atoms with Crippen molar-refractivity contribution < 1.29 is 33.2 Å². The van der Waals surface area contributed by atoms with Crippen molar-refractivity contribution in [2.45, 2.75) is 38.0 Å². The highest BCUT2D eigenvalue weighted by Gasteiger charge is 2.68. The third kappa shape index (κ3) is 4.34. The van der Waals surface area contributed by atoms with Gasteiger partial charge in [0.05, 0.1) is 28.8 Å². The van der Waals surface area contributed by atoms with Crippen molar-refractivity contribution in [2.75, 3.05) is 33.6 Å². The average molecular weight is 622 g/mol. The first-order valence-corrected chi connectivity index (χ1v) is 14.6. The average Bonchev–Trinajstić information content (AvgIpc) is 3.38. The lowest BCUT2D eigenvalue weighted by Gasteiger charge is -2.52. The number of carbonyl (C=O) groups excluding carboxylic acids is 4. The Bertz CT molecular complexity index is 1690. The summed E-state index contributed by atoms with van der Waals surface area (Å²) in [6.07, 6.45) is 0.510. The standard InChI is InChI=1S/C31H32ClN5O7/c1-14-19-24(44-36-14)22(37(3)4)18-12-16-11-17-21(23(38)20(16)27(40)31(18,42-5)26(19)39)25(43-13-15-9-7-6-8-10-15)29(34-28(17)32)35-30(41)33-2/h6-10,16,18,20,22H,11-13H2,1-5H3,(H2,33,34,35,41). The summed E-state index contributed by atoms with van der Waals surface area (Å²) in [4.78, 5) is 62.0. The number of aryl methyl sites for hydroxylation is 1. The molecule has 2 heterocycles. The number of hydrogen-bond donors (Lipinski definition) is 2. The van der Waals surface area contributed by atoms with E-state index in [4.69, 9.17) is 25.6 Å². The number of halogens is 1. The fourth-order valence-corrected chi connectivity index (χ4v) is 7.42. The van der Waals surface area contributed by atoms with Crippen molar-refractivity contribution in [2.24, 2.45) is 17.8 Å². The highest BCUT2D eigenvalue weighted by atomic mass is 35.5. The first kappa shape index (κ1) is 29.9. The van der Waals surface area contributed by atoms with Crippen molar-refractivity contribution in [1.82, 2.24) is 20.4 Å². The van der Waals surface area contributed by atoms with E-state index in [1.54, 1.807) is 6.92 Å². The van der Waals surface area contributed by atoms with Crippen molar-refractivity contribution in [3.8, 4) is 5.75 Å². The summed E-state index contributed by atoms with van der Waals surface area (Å²) in [5.41, 5.74) is -0.102. The van der Waals surface area contributed by atoms with Crippen LogP contribution < -0.4 is 15.4 Å². The van der Waals surface area contributed by atoms with Gasteiger partial charge in [-0.2, -0.15) is 0 Å². The van der Waals surface area contributed by atoms with E-state index in [9.17, 15) is 19.2 Å². The molecule has 5 unspecified atom stereocenters. The molecule has 1 saturated carbocycles. The number of ether oxygens (including phenoxy) is 2. The number of nitrogens with one attached hydrogen (secondary N) is 2. The van der Waals surface area contributed by atoms with Gasteiger partial charge in [0.25, 0.3) is 0 Å². The van der Waals surface area contributed by atoms with Crippen molar-refractivity contribution in [3.05, 3.63) is 69.2 Å². The van der Waals surface area contributed by atoms with Gasteiger partial charge >= 0.3 is 6.03 Å². The number of amides is 2. The molecule has 3 aromatic rings. The van der Waals surface area contributed by atoms with Gasteiger partial charge in [0.1, 0.15) is 11.8 Å². The van der Waals surface area contributed by atoms with Gasteiger partial charge < -0.3 is 19.3 Å². The molecule has 1 fully saturated rings. The predicted octanol–water partition coefficient (Wildman–Crippen LogP) is 3.81. The highest BCUT2D eigenvalue weighted by Crippen LogP contribution is 2.56. The number of benzene rings is 1. The van der Waals surface area contributed by atoms with E-state index >= 15 is 0 Å². The number of hydrogen-bond acceptors (Lipinski definition) is 10. The molecule has 0 radical (unpaired) electrons.